The molecule has 0 radical (unpaired) electrons. The normalized spacial score (nSPS) is 11.9. The molecule has 0 saturated carbocycles. The molecule has 0 bridgehead atoms. The van der Waals surface area contributed by atoms with Gasteiger partial charge in [-0.15, -0.1) is 0 Å². The van der Waals surface area contributed by atoms with Crippen molar-refractivity contribution in [2.45, 2.75) is 19.6 Å². The van der Waals surface area contributed by atoms with Crippen LogP contribution in [0.15, 0.2) is 48.5 Å². The van der Waals surface area contributed by atoms with E-state index in [1.807, 2.05) is 30.3 Å². The van der Waals surface area contributed by atoms with Crippen LogP contribution in [0.1, 0.15) is 39.2 Å². The number of rotatable bonds is 6. The second-order valence-corrected chi connectivity index (χ2v) is 6.32. The van der Waals surface area contributed by atoms with Crippen LogP contribution in [0.3, 0.4) is 0 Å². The summed E-state index contributed by atoms with van der Waals surface area (Å²) in [6, 6.07) is 12.5. The van der Waals surface area contributed by atoms with E-state index in [0.717, 1.165) is 17.7 Å². The van der Waals surface area contributed by atoms with Crippen LogP contribution in [0, 0.1) is 18.6 Å². The van der Waals surface area contributed by atoms with Gasteiger partial charge in [0, 0.05) is 13.7 Å². The number of nitrogens with one attached hydrogen (secondary N) is 1. The van der Waals surface area contributed by atoms with Crippen molar-refractivity contribution in [3.05, 3.63) is 88.5 Å². The van der Waals surface area contributed by atoms with Gasteiger partial charge in [0.1, 0.15) is 6.10 Å². The lowest BCUT2D eigenvalue weighted by atomic mass is 10.1. The first-order chi connectivity index (χ1) is 13.9. The topological polar surface area (TPSA) is 84.3 Å². The van der Waals surface area contributed by atoms with Crippen molar-refractivity contribution in [1.29, 1.82) is 0 Å². The Hall–Kier alpha value is -3.39. The lowest BCUT2D eigenvalue weighted by molar-refractivity contribution is 0.0938. The molecule has 3 aromatic rings. The number of methoxy groups -OCH3 is 1. The number of ether oxygens (including phenoxy) is 1. The third-order valence-corrected chi connectivity index (χ3v) is 4.30. The van der Waals surface area contributed by atoms with Gasteiger partial charge >= 0.3 is 0 Å². The van der Waals surface area contributed by atoms with Crippen LogP contribution in [-0.4, -0.2) is 28.1 Å². The number of amides is 1. The number of carbonyl (C=O) groups excluding carboxylic acids is 1. The number of halogens is 2. The second kappa shape index (κ2) is 8.74. The summed E-state index contributed by atoms with van der Waals surface area (Å²) in [6.45, 7) is 1.48. The summed E-state index contributed by atoms with van der Waals surface area (Å²) in [4.78, 5) is 21.0. The standard InChI is InChI=1S/C21H19F2N3O3/c1-12-18(27)17(21(28)24-11-13-8-9-15(22)16(23)10-13)26-20(25-12)19(29-2)14-6-4-3-5-7-14/h3-10,19,27H,11H2,1-2H3,(H,24,28). The number of aromatic hydroxyl groups is 1. The molecule has 2 N–H and O–H groups in total. The smallest absolute Gasteiger partial charge is 0.274 e. The molecular formula is C21H19F2N3O3. The van der Waals surface area contributed by atoms with Crippen molar-refractivity contribution in [2.24, 2.45) is 0 Å². The molecule has 1 heterocycles. The molecule has 29 heavy (non-hydrogen) atoms. The fraction of sp³-hybridized carbons (Fsp3) is 0.190. The lowest BCUT2D eigenvalue weighted by Crippen LogP contribution is -2.25. The molecule has 1 unspecified atom stereocenters. The number of hydrogen-bond donors (Lipinski definition) is 2. The Morgan fingerprint density at radius 1 is 1.14 bits per heavy atom. The average Bonchev–Trinajstić information content (AvgIpc) is 2.72. The molecule has 1 atom stereocenters. The highest BCUT2D eigenvalue weighted by Gasteiger charge is 2.23. The van der Waals surface area contributed by atoms with Gasteiger partial charge in [-0.3, -0.25) is 4.79 Å². The van der Waals surface area contributed by atoms with Gasteiger partial charge < -0.3 is 15.2 Å². The van der Waals surface area contributed by atoms with E-state index in [0.29, 0.717) is 5.56 Å². The third-order valence-electron chi connectivity index (χ3n) is 4.30. The number of carbonyl (C=O) groups is 1. The van der Waals surface area contributed by atoms with E-state index in [4.69, 9.17) is 4.74 Å². The molecule has 0 aliphatic heterocycles. The van der Waals surface area contributed by atoms with E-state index in [-0.39, 0.29) is 29.5 Å². The fourth-order valence-corrected chi connectivity index (χ4v) is 2.80. The van der Waals surface area contributed by atoms with Gasteiger partial charge in [-0.2, -0.15) is 0 Å². The Morgan fingerprint density at radius 2 is 1.86 bits per heavy atom. The quantitative estimate of drug-likeness (QED) is 0.663. The highest BCUT2D eigenvalue weighted by atomic mass is 19.2. The molecule has 3 rings (SSSR count). The molecular weight excluding hydrogens is 380 g/mol. The zero-order chi connectivity index (χ0) is 21.0. The zero-order valence-electron chi connectivity index (χ0n) is 15.8. The summed E-state index contributed by atoms with van der Waals surface area (Å²) in [5.74, 6) is -2.81. The minimum Gasteiger partial charge on any atom is -0.504 e. The minimum atomic E-state index is -1.01. The molecule has 1 amide bonds. The van der Waals surface area contributed by atoms with Crippen LogP contribution in [0.2, 0.25) is 0 Å². The maximum atomic E-state index is 13.3. The van der Waals surface area contributed by atoms with Gasteiger partial charge in [0.05, 0.1) is 5.69 Å². The van der Waals surface area contributed by atoms with Gasteiger partial charge in [0.25, 0.3) is 5.91 Å². The largest absolute Gasteiger partial charge is 0.504 e. The zero-order valence-corrected chi connectivity index (χ0v) is 15.8. The molecule has 2 aromatic carbocycles. The summed E-state index contributed by atoms with van der Waals surface area (Å²) < 4.78 is 31.8. The van der Waals surface area contributed by atoms with Crippen molar-refractivity contribution >= 4 is 5.91 Å². The average molecular weight is 399 g/mol. The summed E-state index contributed by atoms with van der Waals surface area (Å²) in [5, 5.41) is 12.8. The molecule has 1 aromatic heterocycles. The number of hydrogen-bond acceptors (Lipinski definition) is 5. The molecule has 6 nitrogen and oxygen atoms in total. The van der Waals surface area contributed by atoms with Crippen molar-refractivity contribution in [3.63, 3.8) is 0 Å². The van der Waals surface area contributed by atoms with Crippen LogP contribution < -0.4 is 5.32 Å². The maximum Gasteiger partial charge on any atom is 0.274 e. The molecule has 0 fully saturated rings. The lowest BCUT2D eigenvalue weighted by Gasteiger charge is -2.17. The van der Waals surface area contributed by atoms with E-state index >= 15 is 0 Å². The minimum absolute atomic E-state index is 0.0692. The first-order valence-electron chi connectivity index (χ1n) is 8.78. The first kappa shape index (κ1) is 20.3. The molecule has 0 saturated heterocycles. The number of nitrogens with zero attached hydrogens (tertiary/aromatic N) is 2. The van der Waals surface area contributed by atoms with Gasteiger partial charge in [-0.1, -0.05) is 36.4 Å². The third kappa shape index (κ3) is 4.55. The van der Waals surface area contributed by atoms with E-state index in [1.165, 1.54) is 13.2 Å². The van der Waals surface area contributed by atoms with E-state index in [1.54, 1.807) is 6.92 Å². The monoisotopic (exact) mass is 399 g/mol. The van der Waals surface area contributed by atoms with E-state index in [9.17, 15) is 18.7 Å². The van der Waals surface area contributed by atoms with E-state index < -0.39 is 23.6 Å². The number of aryl methyl sites for hydroxylation is 1. The van der Waals surface area contributed by atoms with Gasteiger partial charge in [-0.05, 0) is 30.2 Å². The Morgan fingerprint density at radius 3 is 2.52 bits per heavy atom. The predicted molar refractivity (Wildman–Crippen MR) is 101 cm³/mol. The maximum absolute atomic E-state index is 13.3. The van der Waals surface area contributed by atoms with Gasteiger partial charge in [-0.25, -0.2) is 18.7 Å². The Balaban J connectivity index is 1.86. The van der Waals surface area contributed by atoms with Crippen molar-refractivity contribution in [2.75, 3.05) is 7.11 Å². The first-order valence-corrected chi connectivity index (χ1v) is 8.78. The van der Waals surface area contributed by atoms with Crippen LogP contribution in [0.5, 0.6) is 5.75 Å². The Bertz CT molecular complexity index is 1030. The molecule has 0 aliphatic rings. The molecule has 0 aliphatic carbocycles. The molecule has 8 heteroatoms. The Labute approximate surface area is 166 Å². The Kier molecular flexibility index (Phi) is 6.13. The highest BCUT2D eigenvalue weighted by molar-refractivity contribution is 5.95. The number of aromatic nitrogens is 2. The van der Waals surface area contributed by atoms with Crippen molar-refractivity contribution in [3.8, 4) is 5.75 Å². The number of benzene rings is 2. The summed E-state index contributed by atoms with van der Waals surface area (Å²) in [6.07, 6.45) is -0.631. The fourth-order valence-electron chi connectivity index (χ4n) is 2.80. The summed E-state index contributed by atoms with van der Waals surface area (Å²) in [5.41, 5.74) is 1.13. The molecule has 150 valence electrons. The van der Waals surface area contributed by atoms with Crippen LogP contribution >= 0.6 is 0 Å². The predicted octanol–water partition coefficient (Wildman–Crippen LogP) is 3.43. The van der Waals surface area contributed by atoms with Gasteiger partial charge in [0.15, 0.2) is 28.9 Å². The van der Waals surface area contributed by atoms with E-state index in [2.05, 4.69) is 15.3 Å². The van der Waals surface area contributed by atoms with Crippen LogP contribution in [0.4, 0.5) is 8.78 Å². The molecule has 0 spiro atoms. The second-order valence-electron chi connectivity index (χ2n) is 6.32. The van der Waals surface area contributed by atoms with Crippen molar-refractivity contribution < 1.29 is 23.4 Å². The summed E-state index contributed by atoms with van der Waals surface area (Å²) >= 11 is 0. The van der Waals surface area contributed by atoms with Crippen LogP contribution in [0.25, 0.3) is 0 Å². The van der Waals surface area contributed by atoms with Crippen LogP contribution in [-0.2, 0) is 11.3 Å². The van der Waals surface area contributed by atoms with Gasteiger partial charge in [0.2, 0.25) is 0 Å². The summed E-state index contributed by atoms with van der Waals surface area (Å²) in [7, 11) is 1.49. The van der Waals surface area contributed by atoms with Crippen molar-refractivity contribution in [1.82, 2.24) is 15.3 Å². The SMILES string of the molecule is COC(c1ccccc1)c1nc(C)c(O)c(C(=O)NCc2ccc(F)c(F)c2)n1. The highest BCUT2D eigenvalue weighted by Crippen LogP contribution is 2.26.